The lowest BCUT2D eigenvalue weighted by molar-refractivity contribution is -0.123. The molecule has 1 saturated heterocycles. The van der Waals surface area contributed by atoms with E-state index in [9.17, 15) is 4.79 Å². The number of hydrogen-bond acceptors (Lipinski definition) is 6. The van der Waals surface area contributed by atoms with Crippen molar-refractivity contribution in [2.75, 3.05) is 31.1 Å². The molecule has 9 heteroatoms. The molecule has 0 spiro atoms. The fourth-order valence-electron chi connectivity index (χ4n) is 3.50. The maximum atomic E-state index is 12.1. The largest absolute Gasteiger partial charge is 0.368 e. The first-order chi connectivity index (χ1) is 13.6. The molecule has 2 heterocycles. The summed E-state index contributed by atoms with van der Waals surface area (Å²) in [7, 11) is 0. The van der Waals surface area contributed by atoms with Crippen LogP contribution >= 0.6 is 11.6 Å². The van der Waals surface area contributed by atoms with E-state index in [0.717, 1.165) is 11.3 Å². The van der Waals surface area contributed by atoms with Gasteiger partial charge in [0.15, 0.2) is 0 Å². The lowest BCUT2D eigenvalue weighted by atomic mass is 10.0. The fraction of sp³-hybridized carbons (Fsp3) is 0.263. The number of carbonyl (C=O) groups excluding carboxylic acids is 1. The highest BCUT2D eigenvalue weighted by Gasteiger charge is 2.30. The van der Waals surface area contributed by atoms with Crippen LogP contribution in [0.15, 0.2) is 54.6 Å². The number of primary amides is 1. The monoisotopic (exact) mass is 397 g/mol. The van der Waals surface area contributed by atoms with Crippen molar-refractivity contribution in [1.82, 2.24) is 25.1 Å². The Morgan fingerprint density at radius 2 is 1.68 bits per heavy atom. The number of aromatic nitrogens is 4. The van der Waals surface area contributed by atoms with Crippen LogP contribution in [0.5, 0.6) is 0 Å². The molecule has 2 aromatic carbocycles. The Balaban J connectivity index is 1.50. The minimum atomic E-state index is -0.482. The van der Waals surface area contributed by atoms with Crippen molar-refractivity contribution >= 4 is 23.5 Å². The van der Waals surface area contributed by atoms with Crippen LogP contribution in [0.1, 0.15) is 11.6 Å². The molecule has 3 aromatic rings. The van der Waals surface area contributed by atoms with Crippen molar-refractivity contribution in [2.45, 2.75) is 6.04 Å². The second-order valence-corrected chi connectivity index (χ2v) is 7.04. The number of tetrazole rings is 1. The first-order valence-corrected chi connectivity index (χ1v) is 9.39. The topological polar surface area (TPSA) is 93.2 Å². The van der Waals surface area contributed by atoms with Gasteiger partial charge < -0.3 is 10.6 Å². The first-order valence-electron chi connectivity index (χ1n) is 9.01. The van der Waals surface area contributed by atoms with E-state index in [4.69, 9.17) is 17.3 Å². The molecule has 0 bridgehead atoms. The molecule has 1 atom stereocenters. The van der Waals surface area contributed by atoms with Crippen LogP contribution < -0.4 is 10.6 Å². The minimum Gasteiger partial charge on any atom is -0.368 e. The summed E-state index contributed by atoms with van der Waals surface area (Å²) in [6.45, 7) is 2.70. The van der Waals surface area contributed by atoms with Crippen molar-refractivity contribution in [3.63, 3.8) is 0 Å². The number of halogens is 1. The van der Waals surface area contributed by atoms with Gasteiger partial charge in [0.05, 0.1) is 5.69 Å². The SMILES string of the molecule is NC(=O)[C@@H](c1ccc(Cl)cc1)N1CCN(c2nnnn2-c2ccccc2)CC1. The van der Waals surface area contributed by atoms with Crippen LogP contribution in [0, 0.1) is 0 Å². The molecule has 144 valence electrons. The molecular formula is C19H20ClN7O. The molecule has 0 radical (unpaired) electrons. The summed E-state index contributed by atoms with van der Waals surface area (Å²) in [5, 5.41) is 12.8. The van der Waals surface area contributed by atoms with Gasteiger partial charge in [-0.3, -0.25) is 9.69 Å². The van der Waals surface area contributed by atoms with Gasteiger partial charge in [0.25, 0.3) is 0 Å². The normalized spacial score (nSPS) is 16.1. The van der Waals surface area contributed by atoms with E-state index in [1.165, 1.54) is 0 Å². The van der Waals surface area contributed by atoms with Gasteiger partial charge in [0, 0.05) is 31.2 Å². The molecule has 0 saturated carbocycles. The molecule has 0 aliphatic carbocycles. The molecule has 1 aliphatic heterocycles. The van der Waals surface area contributed by atoms with Crippen molar-refractivity contribution in [3.8, 4) is 5.69 Å². The number of hydrogen-bond donors (Lipinski definition) is 1. The first kappa shape index (κ1) is 18.4. The van der Waals surface area contributed by atoms with Crippen LogP contribution in [0.2, 0.25) is 5.02 Å². The highest BCUT2D eigenvalue weighted by molar-refractivity contribution is 6.30. The third kappa shape index (κ3) is 3.69. The smallest absolute Gasteiger partial charge is 0.250 e. The molecule has 8 nitrogen and oxygen atoms in total. The lowest BCUT2D eigenvalue weighted by Gasteiger charge is -2.38. The van der Waals surface area contributed by atoms with E-state index >= 15 is 0 Å². The van der Waals surface area contributed by atoms with Crippen LogP contribution in [-0.2, 0) is 4.79 Å². The van der Waals surface area contributed by atoms with Crippen molar-refractivity contribution < 1.29 is 4.79 Å². The highest BCUT2D eigenvalue weighted by Crippen LogP contribution is 2.25. The lowest BCUT2D eigenvalue weighted by Crippen LogP contribution is -2.51. The number of benzene rings is 2. The zero-order valence-corrected chi connectivity index (χ0v) is 15.9. The standard InChI is InChI=1S/C19H20ClN7O/c20-15-8-6-14(7-9-15)17(18(21)28)25-10-12-26(13-11-25)19-22-23-24-27(19)16-4-2-1-3-5-16/h1-9,17H,10-13H2,(H2,21,28)/t17-/m1/s1. The average Bonchev–Trinajstić information content (AvgIpc) is 3.20. The third-order valence-electron chi connectivity index (χ3n) is 4.87. The summed E-state index contributed by atoms with van der Waals surface area (Å²) in [4.78, 5) is 16.3. The predicted molar refractivity (Wildman–Crippen MR) is 106 cm³/mol. The number of piperazine rings is 1. The molecule has 1 amide bonds. The van der Waals surface area contributed by atoms with Gasteiger partial charge in [-0.25, -0.2) is 0 Å². The summed E-state index contributed by atoms with van der Waals surface area (Å²) >= 11 is 5.97. The molecule has 1 aliphatic rings. The van der Waals surface area contributed by atoms with E-state index in [0.29, 0.717) is 37.1 Å². The molecular weight excluding hydrogens is 378 g/mol. The second-order valence-electron chi connectivity index (χ2n) is 6.61. The molecule has 0 unspecified atom stereocenters. The molecule has 1 aromatic heterocycles. The van der Waals surface area contributed by atoms with Gasteiger partial charge >= 0.3 is 0 Å². The Morgan fingerprint density at radius 1 is 1.00 bits per heavy atom. The summed E-state index contributed by atoms with van der Waals surface area (Å²) in [6.07, 6.45) is 0. The summed E-state index contributed by atoms with van der Waals surface area (Å²) in [5.41, 5.74) is 7.45. The van der Waals surface area contributed by atoms with Gasteiger partial charge in [0.1, 0.15) is 6.04 Å². The Labute approximate surface area is 167 Å². The van der Waals surface area contributed by atoms with Crippen LogP contribution in [0.3, 0.4) is 0 Å². The number of rotatable bonds is 5. The third-order valence-corrected chi connectivity index (χ3v) is 5.12. The van der Waals surface area contributed by atoms with E-state index in [-0.39, 0.29) is 5.91 Å². The molecule has 4 rings (SSSR count). The summed E-state index contributed by atoms with van der Waals surface area (Å²) < 4.78 is 1.72. The maximum absolute atomic E-state index is 12.1. The van der Waals surface area contributed by atoms with Gasteiger partial charge in [-0.2, -0.15) is 4.68 Å². The fourth-order valence-corrected chi connectivity index (χ4v) is 3.62. The number of carbonyl (C=O) groups is 1. The van der Waals surface area contributed by atoms with Gasteiger partial charge in [-0.1, -0.05) is 47.0 Å². The number of anilines is 1. The van der Waals surface area contributed by atoms with Crippen LogP contribution in [0.4, 0.5) is 5.95 Å². The zero-order valence-electron chi connectivity index (χ0n) is 15.1. The predicted octanol–water partition coefficient (Wildman–Crippen LogP) is 1.66. The van der Waals surface area contributed by atoms with E-state index in [2.05, 4.69) is 25.3 Å². The summed E-state index contributed by atoms with van der Waals surface area (Å²) in [5.74, 6) is 0.317. The van der Waals surface area contributed by atoms with Gasteiger partial charge in [-0.05, 0) is 40.3 Å². The number of nitrogens with two attached hydrogens (primary N) is 1. The van der Waals surface area contributed by atoms with Crippen molar-refractivity contribution in [3.05, 3.63) is 65.2 Å². The van der Waals surface area contributed by atoms with Gasteiger partial charge in [0.2, 0.25) is 11.9 Å². The molecule has 28 heavy (non-hydrogen) atoms. The Hall–Kier alpha value is -2.97. The second kappa shape index (κ2) is 7.95. The van der Waals surface area contributed by atoms with Crippen LogP contribution in [-0.4, -0.2) is 57.2 Å². The molecule has 1 fully saturated rings. The van der Waals surface area contributed by atoms with Crippen LogP contribution in [0.25, 0.3) is 5.69 Å². The molecule has 2 N–H and O–H groups in total. The van der Waals surface area contributed by atoms with Crippen molar-refractivity contribution in [1.29, 1.82) is 0 Å². The van der Waals surface area contributed by atoms with E-state index < -0.39 is 6.04 Å². The highest BCUT2D eigenvalue weighted by atomic mass is 35.5. The van der Waals surface area contributed by atoms with E-state index in [1.54, 1.807) is 16.8 Å². The average molecular weight is 398 g/mol. The minimum absolute atomic E-state index is 0.370. The van der Waals surface area contributed by atoms with Crippen molar-refractivity contribution in [2.24, 2.45) is 5.73 Å². The number of amides is 1. The Morgan fingerprint density at radius 3 is 2.32 bits per heavy atom. The number of para-hydroxylation sites is 1. The van der Waals surface area contributed by atoms with Gasteiger partial charge in [-0.15, -0.1) is 0 Å². The Bertz CT molecular complexity index is 936. The van der Waals surface area contributed by atoms with E-state index in [1.807, 2.05) is 42.5 Å². The maximum Gasteiger partial charge on any atom is 0.250 e. The zero-order chi connectivity index (χ0) is 19.5. The Kier molecular flexibility index (Phi) is 5.23. The quantitative estimate of drug-likeness (QED) is 0.703. The summed E-state index contributed by atoms with van der Waals surface area (Å²) in [6, 6.07) is 16.5. The number of nitrogens with zero attached hydrogens (tertiary/aromatic N) is 6.